The number of imide groups is 1. The highest BCUT2D eigenvalue weighted by Crippen LogP contribution is 2.22. The van der Waals surface area contributed by atoms with Crippen molar-refractivity contribution in [2.24, 2.45) is 0 Å². The molecule has 31 heavy (non-hydrogen) atoms. The average Bonchev–Trinajstić information content (AvgIpc) is 2.71. The maximum atomic E-state index is 12.2. The van der Waals surface area contributed by atoms with Crippen LogP contribution in [-0.2, 0) is 24.5 Å². The summed E-state index contributed by atoms with van der Waals surface area (Å²) in [5, 5.41) is 4.89. The minimum absolute atomic E-state index is 0.0477. The number of amides is 3. The Morgan fingerprint density at radius 3 is 2.10 bits per heavy atom. The molecule has 2 aromatic carbocycles. The van der Waals surface area contributed by atoms with Gasteiger partial charge < -0.3 is 10.1 Å². The number of nitrogens with one attached hydrogen (secondary N) is 2. The van der Waals surface area contributed by atoms with E-state index in [0.717, 1.165) is 11.1 Å². The van der Waals surface area contributed by atoms with E-state index in [2.05, 4.69) is 31.4 Å². The van der Waals surface area contributed by atoms with Crippen LogP contribution in [0.15, 0.2) is 54.6 Å². The lowest BCUT2D eigenvalue weighted by molar-refractivity contribution is -0.149. The topological polar surface area (TPSA) is 102 Å². The summed E-state index contributed by atoms with van der Waals surface area (Å²) >= 11 is 0. The van der Waals surface area contributed by atoms with Crippen molar-refractivity contribution in [3.63, 3.8) is 0 Å². The third kappa shape index (κ3) is 7.70. The average molecular weight is 424 g/mol. The molecule has 7 heteroatoms. The largest absolute Gasteiger partial charge is 0.455 e. The van der Waals surface area contributed by atoms with Crippen LogP contribution in [0.2, 0.25) is 0 Å². The molecule has 3 amide bonds. The first-order valence-corrected chi connectivity index (χ1v) is 9.98. The molecule has 2 N–H and O–H groups in total. The van der Waals surface area contributed by atoms with Gasteiger partial charge in [-0.1, -0.05) is 63.2 Å². The molecular weight excluding hydrogens is 396 g/mol. The molecule has 0 heterocycles. The first-order valence-electron chi connectivity index (χ1n) is 9.98. The Morgan fingerprint density at radius 2 is 1.55 bits per heavy atom. The van der Waals surface area contributed by atoms with Crippen LogP contribution in [-0.4, -0.2) is 30.3 Å². The summed E-state index contributed by atoms with van der Waals surface area (Å²) in [6.07, 6.45) is -0.140. The number of ether oxygens (including phenoxy) is 1. The van der Waals surface area contributed by atoms with Crippen LogP contribution < -0.4 is 10.6 Å². The number of carbonyl (C=O) groups is 4. The molecule has 164 valence electrons. The van der Waals surface area contributed by atoms with E-state index in [4.69, 9.17) is 4.74 Å². The van der Waals surface area contributed by atoms with E-state index in [9.17, 15) is 19.2 Å². The summed E-state index contributed by atoms with van der Waals surface area (Å²) in [5.74, 6) is -2.25. The van der Waals surface area contributed by atoms with E-state index in [1.54, 1.807) is 36.4 Å². The van der Waals surface area contributed by atoms with Gasteiger partial charge in [-0.25, -0.2) is 0 Å². The van der Waals surface area contributed by atoms with Gasteiger partial charge in [0, 0.05) is 12.5 Å². The fourth-order valence-corrected chi connectivity index (χ4v) is 2.91. The molecule has 0 fully saturated rings. The van der Waals surface area contributed by atoms with Gasteiger partial charge in [0.2, 0.25) is 5.91 Å². The molecule has 1 atom stereocenters. The molecule has 0 aliphatic heterocycles. The van der Waals surface area contributed by atoms with Gasteiger partial charge in [-0.15, -0.1) is 0 Å². The van der Waals surface area contributed by atoms with E-state index >= 15 is 0 Å². The standard InChI is InChI=1S/C24H28N2O5/c1-16(27)25-20(17-8-6-5-7-9-17)14-22(29)31-15-21(28)26-23(30)18-10-12-19(13-11-18)24(2,3)4/h5-13,20H,14-15H2,1-4H3,(H,25,27)(H,26,28,30)/t20-/m1/s1. The molecule has 0 saturated heterocycles. The fraction of sp³-hybridized carbons (Fsp3) is 0.333. The molecule has 2 aromatic rings. The predicted octanol–water partition coefficient (Wildman–Crippen LogP) is 3.05. The van der Waals surface area contributed by atoms with Crippen molar-refractivity contribution >= 4 is 23.7 Å². The highest BCUT2D eigenvalue weighted by molar-refractivity contribution is 6.05. The van der Waals surface area contributed by atoms with Crippen LogP contribution in [0, 0.1) is 0 Å². The van der Waals surface area contributed by atoms with Crippen molar-refractivity contribution < 1.29 is 23.9 Å². The minimum atomic E-state index is -0.728. The predicted molar refractivity (Wildman–Crippen MR) is 116 cm³/mol. The second-order valence-electron chi connectivity index (χ2n) is 8.23. The van der Waals surface area contributed by atoms with Gasteiger partial charge in [0.1, 0.15) is 0 Å². The van der Waals surface area contributed by atoms with Crippen LogP contribution in [0.25, 0.3) is 0 Å². The SMILES string of the molecule is CC(=O)N[C@H](CC(=O)OCC(=O)NC(=O)c1ccc(C(C)(C)C)cc1)c1ccccc1. The minimum Gasteiger partial charge on any atom is -0.455 e. The summed E-state index contributed by atoms with van der Waals surface area (Å²) in [5.41, 5.74) is 2.10. The molecule has 0 bridgehead atoms. The van der Waals surface area contributed by atoms with Crippen molar-refractivity contribution in [2.45, 2.75) is 45.6 Å². The molecule has 0 radical (unpaired) electrons. The Hall–Kier alpha value is -3.48. The Balaban J connectivity index is 1.87. The summed E-state index contributed by atoms with van der Waals surface area (Å²) in [6, 6.07) is 15.4. The molecule has 0 spiro atoms. The third-order valence-electron chi connectivity index (χ3n) is 4.58. The van der Waals surface area contributed by atoms with Gasteiger partial charge in [-0.2, -0.15) is 0 Å². The summed E-state index contributed by atoms with van der Waals surface area (Å²) in [6.45, 7) is 6.96. The van der Waals surface area contributed by atoms with E-state index in [1.165, 1.54) is 6.92 Å². The first-order chi connectivity index (χ1) is 14.6. The lowest BCUT2D eigenvalue weighted by Gasteiger charge is -2.19. The monoisotopic (exact) mass is 424 g/mol. The maximum absolute atomic E-state index is 12.2. The molecule has 7 nitrogen and oxygen atoms in total. The number of hydrogen-bond acceptors (Lipinski definition) is 5. The van der Waals surface area contributed by atoms with Crippen molar-refractivity contribution in [3.8, 4) is 0 Å². The van der Waals surface area contributed by atoms with E-state index in [0.29, 0.717) is 5.56 Å². The van der Waals surface area contributed by atoms with Crippen molar-refractivity contribution in [1.29, 1.82) is 0 Å². The quantitative estimate of drug-likeness (QED) is 0.665. The summed E-state index contributed by atoms with van der Waals surface area (Å²) in [4.78, 5) is 47.8. The Bertz CT molecular complexity index is 931. The zero-order valence-corrected chi connectivity index (χ0v) is 18.2. The highest BCUT2D eigenvalue weighted by atomic mass is 16.5. The van der Waals surface area contributed by atoms with E-state index in [-0.39, 0.29) is 17.7 Å². The Morgan fingerprint density at radius 1 is 0.935 bits per heavy atom. The second kappa shape index (κ2) is 10.5. The van der Waals surface area contributed by atoms with Gasteiger partial charge >= 0.3 is 5.97 Å². The van der Waals surface area contributed by atoms with Crippen molar-refractivity contribution in [1.82, 2.24) is 10.6 Å². The van der Waals surface area contributed by atoms with Crippen molar-refractivity contribution in [2.75, 3.05) is 6.61 Å². The second-order valence-corrected chi connectivity index (χ2v) is 8.23. The van der Waals surface area contributed by atoms with Crippen LogP contribution in [0.4, 0.5) is 0 Å². The van der Waals surface area contributed by atoms with Gasteiger partial charge in [-0.3, -0.25) is 24.5 Å². The molecule has 0 aliphatic rings. The van der Waals surface area contributed by atoms with Crippen molar-refractivity contribution in [3.05, 3.63) is 71.3 Å². The highest BCUT2D eigenvalue weighted by Gasteiger charge is 2.20. The lowest BCUT2D eigenvalue weighted by Crippen LogP contribution is -2.35. The molecule has 0 aromatic heterocycles. The van der Waals surface area contributed by atoms with Gasteiger partial charge in [-0.05, 0) is 28.7 Å². The third-order valence-corrected chi connectivity index (χ3v) is 4.58. The van der Waals surface area contributed by atoms with Crippen LogP contribution in [0.5, 0.6) is 0 Å². The zero-order valence-electron chi connectivity index (χ0n) is 18.2. The molecule has 2 rings (SSSR count). The number of rotatable bonds is 7. The maximum Gasteiger partial charge on any atom is 0.308 e. The van der Waals surface area contributed by atoms with E-state index < -0.39 is 30.4 Å². The van der Waals surface area contributed by atoms with Gasteiger partial charge in [0.25, 0.3) is 11.8 Å². The summed E-state index contributed by atoms with van der Waals surface area (Å²) < 4.78 is 4.98. The Labute approximate surface area is 182 Å². The van der Waals surface area contributed by atoms with Gasteiger partial charge in [0.05, 0.1) is 12.5 Å². The first kappa shape index (κ1) is 23.8. The van der Waals surface area contributed by atoms with Crippen LogP contribution in [0.3, 0.4) is 0 Å². The number of carbonyl (C=O) groups excluding carboxylic acids is 4. The normalized spacial score (nSPS) is 11.9. The number of esters is 1. The Kier molecular flexibility index (Phi) is 8.07. The lowest BCUT2D eigenvalue weighted by atomic mass is 9.87. The number of hydrogen-bond donors (Lipinski definition) is 2. The molecule has 0 unspecified atom stereocenters. The van der Waals surface area contributed by atoms with Gasteiger partial charge in [0.15, 0.2) is 6.61 Å². The zero-order chi connectivity index (χ0) is 23.0. The summed E-state index contributed by atoms with van der Waals surface area (Å²) in [7, 11) is 0. The fourth-order valence-electron chi connectivity index (χ4n) is 2.91. The van der Waals surface area contributed by atoms with Crippen LogP contribution >= 0.6 is 0 Å². The van der Waals surface area contributed by atoms with Crippen LogP contribution in [0.1, 0.15) is 61.6 Å². The molecule has 0 aliphatic carbocycles. The smallest absolute Gasteiger partial charge is 0.308 e. The molecular formula is C24H28N2O5. The van der Waals surface area contributed by atoms with E-state index in [1.807, 2.05) is 18.2 Å². The molecule has 0 saturated carbocycles. The number of benzene rings is 2.